The molecule has 1 aliphatic heterocycles. The first-order chi connectivity index (χ1) is 9.31. The van der Waals surface area contributed by atoms with Crippen molar-refractivity contribution >= 4 is 27.7 Å². The van der Waals surface area contributed by atoms with E-state index in [1.54, 1.807) is 0 Å². The maximum atomic E-state index is 12.0. The normalized spacial score (nSPS) is 18.9. The van der Waals surface area contributed by atoms with E-state index in [0.29, 0.717) is 5.92 Å². The van der Waals surface area contributed by atoms with E-state index in [9.17, 15) is 4.79 Å². The van der Waals surface area contributed by atoms with Gasteiger partial charge in [-0.3, -0.25) is 4.90 Å². The number of hydrogen-bond acceptors (Lipinski definition) is 5. The lowest BCUT2D eigenvalue weighted by Crippen LogP contribution is -2.50. The summed E-state index contributed by atoms with van der Waals surface area (Å²) in [5.41, 5.74) is -0.405. The van der Waals surface area contributed by atoms with Crippen molar-refractivity contribution in [3.63, 3.8) is 0 Å². The van der Waals surface area contributed by atoms with Crippen molar-refractivity contribution in [3.05, 3.63) is 0 Å². The van der Waals surface area contributed by atoms with Crippen LogP contribution >= 0.6 is 21.6 Å². The highest BCUT2D eigenvalue weighted by molar-refractivity contribution is 8.76. The van der Waals surface area contributed by atoms with Crippen LogP contribution in [0.4, 0.5) is 4.79 Å². The zero-order valence-corrected chi connectivity index (χ0v) is 15.0. The van der Waals surface area contributed by atoms with Crippen LogP contribution in [0, 0.1) is 5.92 Å². The molecule has 0 saturated carbocycles. The molecule has 1 aliphatic rings. The Bertz CT molecular complexity index is 300. The predicted molar refractivity (Wildman–Crippen MR) is 89.4 cm³/mol. The Morgan fingerprint density at radius 1 is 1.25 bits per heavy atom. The van der Waals surface area contributed by atoms with E-state index in [4.69, 9.17) is 4.74 Å². The van der Waals surface area contributed by atoms with E-state index < -0.39 is 5.60 Å². The smallest absolute Gasteiger partial charge is 0.410 e. The molecule has 0 aromatic rings. The van der Waals surface area contributed by atoms with E-state index >= 15 is 0 Å². The van der Waals surface area contributed by atoms with Gasteiger partial charge in [0.1, 0.15) is 5.60 Å². The second kappa shape index (κ2) is 8.39. The van der Waals surface area contributed by atoms with Crippen LogP contribution in [0.1, 0.15) is 27.7 Å². The number of carbonyl (C=O) groups is 1. The summed E-state index contributed by atoms with van der Waals surface area (Å²) in [4.78, 5) is 16.2. The Balaban J connectivity index is 2.27. The van der Waals surface area contributed by atoms with Crippen molar-refractivity contribution in [3.8, 4) is 0 Å². The van der Waals surface area contributed by atoms with E-state index in [2.05, 4.69) is 18.1 Å². The third-order valence-electron chi connectivity index (χ3n) is 3.06. The highest BCUT2D eigenvalue weighted by Gasteiger charge is 2.26. The number of amides is 1. The Hall–Kier alpha value is -0.0700. The van der Waals surface area contributed by atoms with Crippen molar-refractivity contribution in [1.29, 1.82) is 0 Å². The zero-order chi connectivity index (χ0) is 15.2. The molecule has 0 radical (unpaired) electrons. The van der Waals surface area contributed by atoms with Crippen molar-refractivity contribution in [1.82, 2.24) is 9.80 Å². The molecule has 1 saturated heterocycles. The summed E-state index contributed by atoms with van der Waals surface area (Å²) < 4.78 is 5.41. The molecule has 118 valence electrons. The van der Waals surface area contributed by atoms with Crippen molar-refractivity contribution in [2.24, 2.45) is 5.92 Å². The van der Waals surface area contributed by atoms with Gasteiger partial charge in [0.2, 0.25) is 0 Å². The second-order valence-corrected chi connectivity index (χ2v) is 8.93. The summed E-state index contributed by atoms with van der Waals surface area (Å²) in [5, 5.41) is 0. The summed E-state index contributed by atoms with van der Waals surface area (Å²) >= 11 is 0. The van der Waals surface area contributed by atoms with Crippen LogP contribution in [0.3, 0.4) is 0 Å². The maximum absolute atomic E-state index is 12.0. The van der Waals surface area contributed by atoms with E-state index in [1.165, 1.54) is 5.75 Å². The molecule has 4 nitrogen and oxygen atoms in total. The minimum atomic E-state index is -0.405. The first-order valence-electron chi connectivity index (χ1n) is 7.17. The fraction of sp³-hybridized carbons (Fsp3) is 0.929. The Labute approximate surface area is 131 Å². The Kier molecular flexibility index (Phi) is 7.54. The average molecular weight is 321 g/mol. The lowest BCUT2D eigenvalue weighted by molar-refractivity contribution is 0.0138. The van der Waals surface area contributed by atoms with Crippen LogP contribution in [0.2, 0.25) is 0 Å². The largest absolute Gasteiger partial charge is 0.444 e. The lowest BCUT2D eigenvalue weighted by atomic mass is 10.2. The Morgan fingerprint density at radius 3 is 2.35 bits per heavy atom. The predicted octanol–water partition coefficient (Wildman–Crippen LogP) is 3.19. The van der Waals surface area contributed by atoms with Crippen LogP contribution in [-0.2, 0) is 4.74 Å². The molecule has 1 unspecified atom stereocenters. The first kappa shape index (κ1) is 18.0. The SMILES string of the molecule is CSSCC(C)CN1CCN(C(=O)OC(C)(C)C)CC1. The van der Waals surface area contributed by atoms with E-state index in [1.807, 2.05) is 47.3 Å². The van der Waals surface area contributed by atoms with Gasteiger partial charge in [-0.05, 0) is 32.9 Å². The standard InChI is InChI=1S/C14H28N2O2S2/c1-12(11-20-19-5)10-15-6-8-16(9-7-15)13(17)18-14(2,3)4/h12H,6-11H2,1-5H3. The summed E-state index contributed by atoms with van der Waals surface area (Å²) in [6.45, 7) is 12.6. The molecule has 0 aromatic carbocycles. The number of carbonyl (C=O) groups excluding carboxylic acids is 1. The number of hydrogen-bond donors (Lipinski definition) is 0. The molecule has 1 fully saturated rings. The number of piperazine rings is 1. The highest BCUT2D eigenvalue weighted by atomic mass is 33.1. The zero-order valence-electron chi connectivity index (χ0n) is 13.3. The third-order valence-corrected chi connectivity index (χ3v) is 5.12. The number of nitrogens with zero attached hydrogens (tertiary/aromatic N) is 2. The average Bonchev–Trinajstić information content (AvgIpc) is 2.35. The quantitative estimate of drug-likeness (QED) is 0.727. The molecular formula is C14H28N2O2S2. The molecule has 1 rings (SSSR count). The van der Waals surface area contributed by atoms with Crippen LogP contribution in [-0.4, -0.2) is 66.2 Å². The number of rotatable bonds is 5. The lowest BCUT2D eigenvalue weighted by Gasteiger charge is -2.36. The van der Waals surface area contributed by atoms with Crippen LogP contribution in [0.15, 0.2) is 0 Å². The molecule has 1 atom stereocenters. The monoisotopic (exact) mass is 320 g/mol. The van der Waals surface area contributed by atoms with Gasteiger partial charge in [0, 0.05) is 38.5 Å². The van der Waals surface area contributed by atoms with Gasteiger partial charge in [-0.1, -0.05) is 28.5 Å². The van der Waals surface area contributed by atoms with Crippen LogP contribution in [0.25, 0.3) is 0 Å². The second-order valence-electron chi connectivity index (χ2n) is 6.32. The molecule has 1 heterocycles. The van der Waals surface area contributed by atoms with Crippen molar-refractivity contribution < 1.29 is 9.53 Å². The van der Waals surface area contributed by atoms with Gasteiger partial charge in [-0.25, -0.2) is 4.79 Å². The number of ether oxygens (including phenoxy) is 1. The summed E-state index contributed by atoms with van der Waals surface area (Å²) in [6.07, 6.45) is 1.94. The molecule has 0 aromatic heterocycles. The topological polar surface area (TPSA) is 32.8 Å². The minimum absolute atomic E-state index is 0.178. The summed E-state index contributed by atoms with van der Waals surface area (Å²) in [6, 6.07) is 0. The molecule has 0 bridgehead atoms. The molecule has 0 aliphatic carbocycles. The highest BCUT2D eigenvalue weighted by Crippen LogP contribution is 2.21. The van der Waals surface area contributed by atoms with Gasteiger partial charge in [0.15, 0.2) is 0 Å². The maximum Gasteiger partial charge on any atom is 0.410 e. The van der Waals surface area contributed by atoms with E-state index in [-0.39, 0.29) is 6.09 Å². The molecular weight excluding hydrogens is 292 g/mol. The van der Waals surface area contributed by atoms with Gasteiger partial charge in [0.25, 0.3) is 0 Å². The fourth-order valence-electron chi connectivity index (χ4n) is 2.12. The fourth-order valence-corrected chi connectivity index (χ4v) is 3.70. The molecule has 20 heavy (non-hydrogen) atoms. The molecule has 6 heteroatoms. The van der Waals surface area contributed by atoms with Gasteiger partial charge in [-0.2, -0.15) is 0 Å². The molecule has 0 N–H and O–H groups in total. The Morgan fingerprint density at radius 2 is 1.85 bits per heavy atom. The van der Waals surface area contributed by atoms with Crippen molar-refractivity contribution in [2.45, 2.75) is 33.3 Å². The third kappa shape index (κ3) is 7.09. The van der Waals surface area contributed by atoms with Gasteiger partial charge in [-0.15, -0.1) is 0 Å². The van der Waals surface area contributed by atoms with Gasteiger partial charge < -0.3 is 9.64 Å². The van der Waals surface area contributed by atoms with E-state index in [0.717, 1.165) is 32.7 Å². The van der Waals surface area contributed by atoms with Gasteiger partial charge >= 0.3 is 6.09 Å². The first-order valence-corrected chi connectivity index (χ1v) is 9.90. The molecule has 1 amide bonds. The van der Waals surface area contributed by atoms with Crippen LogP contribution < -0.4 is 0 Å². The van der Waals surface area contributed by atoms with Gasteiger partial charge in [0.05, 0.1) is 0 Å². The summed E-state index contributed by atoms with van der Waals surface area (Å²) in [7, 11) is 3.75. The minimum Gasteiger partial charge on any atom is -0.444 e. The van der Waals surface area contributed by atoms with Crippen LogP contribution in [0.5, 0.6) is 0 Å². The molecule has 0 spiro atoms. The van der Waals surface area contributed by atoms with Crippen molar-refractivity contribution in [2.75, 3.05) is 44.7 Å². The summed E-state index contributed by atoms with van der Waals surface area (Å²) in [5.74, 6) is 1.88.